The lowest BCUT2D eigenvalue weighted by Gasteiger charge is -2.16. The van der Waals surface area contributed by atoms with Crippen LogP contribution in [0, 0.1) is 5.41 Å². The third-order valence-electron chi connectivity index (χ3n) is 1.99. The summed E-state index contributed by atoms with van der Waals surface area (Å²) in [4.78, 5) is 22.1. The van der Waals surface area contributed by atoms with Gasteiger partial charge in [0.25, 0.3) is 5.22 Å². The standard InChI is InChI=1S/C10H14N2O5S/c1-4-16-7(13)6-11-12-9(17-6)18-5-10(2,3)8(14)15/h4-5H2,1-3H3,(H,14,15). The Morgan fingerprint density at radius 1 is 1.44 bits per heavy atom. The second-order valence-electron chi connectivity index (χ2n) is 4.07. The van der Waals surface area contributed by atoms with E-state index in [0.717, 1.165) is 11.8 Å². The molecule has 0 aromatic carbocycles. The maximum absolute atomic E-state index is 11.2. The van der Waals surface area contributed by atoms with Crippen LogP contribution in [0.1, 0.15) is 31.5 Å². The zero-order chi connectivity index (χ0) is 13.8. The lowest BCUT2D eigenvalue weighted by atomic mass is 9.97. The van der Waals surface area contributed by atoms with Crippen LogP contribution in [-0.4, -0.2) is 39.6 Å². The molecule has 1 heterocycles. The van der Waals surface area contributed by atoms with Gasteiger partial charge in [-0.25, -0.2) is 4.79 Å². The maximum Gasteiger partial charge on any atom is 0.396 e. The minimum Gasteiger partial charge on any atom is -0.481 e. The second kappa shape index (κ2) is 5.85. The van der Waals surface area contributed by atoms with Gasteiger partial charge in [-0.3, -0.25) is 4.79 Å². The topological polar surface area (TPSA) is 103 Å². The van der Waals surface area contributed by atoms with Crippen molar-refractivity contribution in [2.45, 2.75) is 26.0 Å². The number of aromatic nitrogens is 2. The van der Waals surface area contributed by atoms with Crippen molar-refractivity contribution in [1.82, 2.24) is 10.2 Å². The fourth-order valence-electron chi connectivity index (χ4n) is 0.847. The predicted octanol–water partition coefficient (Wildman–Crippen LogP) is 1.45. The van der Waals surface area contributed by atoms with Gasteiger partial charge in [0, 0.05) is 5.75 Å². The fraction of sp³-hybridized carbons (Fsp3) is 0.600. The normalized spacial score (nSPS) is 11.3. The molecule has 0 aliphatic carbocycles. The smallest absolute Gasteiger partial charge is 0.396 e. The number of ether oxygens (including phenoxy) is 1. The van der Waals surface area contributed by atoms with Crippen molar-refractivity contribution in [2.24, 2.45) is 5.41 Å². The molecule has 1 aromatic rings. The van der Waals surface area contributed by atoms with E-state index in [-0.39, 0.29) is 23.5 Å². The molecular weight excluding hydrogens is 260 g/mol. The zero-order valence-corrected chi connectivity index (χ0v) is 11.1. The van der Waals surface area contributed by atoms with E-state index in [1.165, 1.54) is 0 Å². The molecule has 7 nitrogen and oxygen atoms in total. The number of hydrogen-bond donors (Lipinski definition) is 1. The van der Waals surface area contributed by atoms with Crippen LogP contribution < -0.4 is 0 Å². The molecule has 0 fully saturated rings. The molecule has 0 aliphatic rings. The number of rotatable bonds is 6. The van der Waals surface area contributed by atoms with E-state index in [2.05, 4.69) is 14.9 Å². The summed E-state index contributed by atoms with van der Waals surface area (Å²) in [5.41, 5.74) is -0.913. The number of carboxylic acids is 1. The SMILES string of the molecule is CCOC(=O)c1nnc(SCC(C)(C)C(=O)O)o1. The molecule has 1 N–H and O–H groups in total. The average molecular weight is 274 g/mol. The van der Waals surface area contributed by atoms with Crippen molar-refractivity contribution in [3.63, 3.8) is 0 Å². The molecule has 0 aliphatic heterocycles. The van der Waals surface area contributed by atoms with E-state index in [9.17, 15) is 9.59 Å². The Hall–Kier alpha value is -1.57. The molecule has 0 amide bonds. The van der Waals surface area contributed by atoms with Gasteiger partial charge in [-0.1, -0.05) is 16.9 Å². The van der Waals surface area contributed by atoms with Gasteiger partial charge in [-0.05, 0) is 20.8 Å². The van der Waals surface area contributed by atoms with Crippen molar-refractivity contribution in [3.8, 4) is 0 Å². The summed E-state index contributed by atoms with van der Waals surface area (Å²) in [6, 6.07) is 0. The molecule has 0 unspecified atom stereocenters. The summed E-state index contributed by atoms with van der Waals surface area (Å²) in [5.74, 6) is -1.57. The highest BCUT2D eigenvalue weighted by Gasteiger charge is 2.28. The van der Waals surface area contributed by atoms with E-state index in [0.29, 0.717) is 0 Å². The van der Waals surface area contributed by atoms with Crippen LogP contribution in [0.15, 0.2) is 9.64 Å². The number of aliphatic carboxylic acids is 1. The second-order valence-corrected chi connectivity index (χ2v) is 5.00. The average Bonchev–Trinajstić information content (AvgIpc) is 2.75. The van der Waals surface area contributed by atoms with Crippen molar-refractivity contribution < 1.29 is 23.8 Å². The molecule has 0 saturated heterocycles. The zero-order valence-electron chi connectivity index (χ0n) is 10.3. The number of carbonyl (C=O) groups excluding carboxylic acids is 1. The number of carbonyl (C=O) groups is 2. The van der Waals surface area contributed by atoms with Crippen LogP contribution >= 0.6 is 11.8 Å². The Labute approximate surface area is 108 Å². The van der Waals surface area contributed by atoms with Gasteiger partial charge < -0.3 is 14.3 Å². The summed E-state index contributed by atoms with van der Waals surface area (Å²) in [7, 11) is 0. The van der Waals surface area contributed by atoms with Gasteiger partial charge in [0.05, 0.1) is 12.0 Å². The van der Waals surface area contributed by atoms with Crippen LogP contribution in [0.25, 0.3) is 0 Å². The van der Waals surface area contributed by atoms with E-state index in [4.69, 9.17) is 9.52 Å². The molecule has 0 radical (unpaired) electrons. The monoisotopic (exact) mass is 274 g/mol. The highest BCUT2D eigenvalue weighted by Crippen LogP contribution is 2.27. The van der Waals surface area contributed by atoms with Gasteiger partial charge in [-0.2, -0.15) is 0 Å². The molecule has 1 aromatic heterocycles. The minimum atomic E-state index is -0.917. The van der Waals surface area contributed by atoms with Gasteiger partial charge in [-0.15, -0.1) is 5.10 Å². The number of hydrogen-bond acceptors (Lipinski definition) is 7. The minimum absolute atomic E-state index is 0.146. The third-order valence-corrected chi connectivity index (χ3v) is 3.27. The first-order valence-corrected chi connectivity index (χ1v) is 6.22. The first kappa shape index (κ1) is 14.5. The fourth-order valence-corrected chi connectivity index (χ4v) is 1.69. The van der Waals surface area contributed by atoms with Crippen LogP contribution in [-0.2, 0) is 9.53 Å². The van der Waals surface area contributed by atoms with Crippen LogP contribution in [0.3, 0.4) is 0 Å². The lowest BCUT2D eigenvalue weighted by Crippen LogP contribution is -2.26. The van der Waals surface area contributed by atoms with E-state index < -0.39 is 17.4 Å². The first-order valence-electron chi connectivity index (χ1n) is 5.23. The summed E-state index contributed by atoms with van der Waals surface area (Å²) in [5, 5.41) is 16.2. The van der Waals surface area contributed by atoms with Gasteiger partial charge >= 0.3 is 17.8 Å². The molecular formula is C10H14N2O5S. The molecule has 1 rings (SSSR count). The predicted molar refractivity (Wildman–Crippen MR) is 62.4 cm³/mol. The molecule has 0 spiro atoms. The lowest BCUT2D eigenvalue weighted by molar-refractivity contribution is -0.145. The molecule has 100 valence electrons. The number of nitrogens with zero attached hydrogens (tertiary/aromatic N) is 2. The summed E-state index contributed by atoms with van der Waals surface area (Å²) in [6.07, 6.45) is 0. The summed E-state index contributed by atoms with van der Waals surface area (Å²) >= 11 is 1.08. The highest BCUT2D eigenvalue weighted by molar-refractivity contribution is 7.99. The summed E-state index contributed by atoms with van der Waals surface area (Å²) in [6.45, 7) is 5.06. The van der Waals surface area contributed by atoms with Gasteiger partial charge in [0.15, 0.2) is 0 Å². The van der Waals surface area contributed by atoms with Crippen molar-refractivity contribution in [2.75, 3.05) is 12.4 Å². The number of esters is 1. The molecule has 0 atom stereocenters. The highest BCUT2D eigenvalue weighted by atomic mass is 32.2. The summed E-state index contributed by atoms with van der Waals surface area (Å²) < 4.78 is 9.73. The van der Waals surface area contributed by atoms with Crippen molar-refractivity contribution in [3.05, 3.63) is 5.89 Å². The molecule has 8 heteroatoms. The Kier molecular flexibility index (Phi) is 4.71. The van der Waals surface area contributed by atoms with Crippen LogP contribution in [0.4, 0.5) is 0 Å². The first-order chi connectivity index (χ1) is 8.36. The van der Waals surface area contributed by atoms with Gasteiger partial charge in [0.2, 0.25) is 0 Å². The van der Waals surface area contributed by atoms with Gasteiger partial charge in [0.1, 0.15) is 0 Å². The van der Waals surface area contributed by atoms with E-state index in [1.54, 1.807) is 20.8 Å². The Morgan fingerprint density at radius 3 is 2.67 bits per heavy atom. The number of thioether (sulfide) groups is 1. The van der Waals surface area contributed by atoms with E-state index in [1.807, 2.05) is 0 Å². The Morgan fingerprint density at radius 2 is 2.11 bits per heavy atom. The Bertz CT molecular complexity index is 443. The molecule has 0 bridgehead atoms. The van der Waals surface area contributed by atoms with Crippen LogP contribution in [0.5, 0.6) is 0 Å². The van der Waals surface area contributed by atoms with Crippen molar-refractivity contribution in [1.29, 1.82) is 0 Å². The van der Waals surface area contributed by atoms with E-state index >= 15 is 0 Å². The van der Waals surface area contributed by atoms with Crippen LogP contribution in [0.2, 0.25) is 0 Å². The maximum atomic E-state index is 11.2. The number of carboxylic acid groups (broad SMARTS) is 1. The molecule has 0 saturated carbocycles. The third kappa shape index (κ3) is 3.73. The molecule has 18 heavy (non-hydrogen) atoms. The van der Waals surface area contributed by atoms with Crippen molar-refractivity contribution >= 4 is 23.7 Å². The quantitative estimate of drug-likeness (QED) is 0.614. The Balaban J connectivity index is 2.60. The largest absolute Gasteiger partial charge is 0.481 e.